The molecule has 0 aliphatic heterocycles. The van der Waals surface area contributed by atoms with Gasteiger partial charge in [0.05, 0.1) is 0 Å². The minimum absolute atomic E-state index is 0.516. The van der Waals surface area contributed by atoms with Crippen LogP contribution >= 0.6 is 63.7 Å². The second kappa shape index (κ2) is 5.69. The molecule has 8 heavy (non-hydrogen) atoms. The molecule has 0 spiro atoms. The summed E-state index contributed by atoms with van der Waals surface area (Å²) in [5.74, 6) is 0. The van der Waals surface area contributed by atoms with Crippen molar-refractivity contribution >= 4 is 63.7 Å². The Balaban J connectivity index is 3.29. The van der Waals surface area contributed by atoms with E-state index in [2.05, 4.69) is 63.7 Å². The standard InChI is InChI=1S/C4H6Br4/c5-1-3(7)4(8)2-6/h3-4H,1-2H2/t3-,4-/m1/s1. The molecule has 0 saturated carbocycles. The fourth-order valence-corrected chi connectivity index (χ4v) is 2.47. The van der Waals surface area contributed by atoms with Crippen molar-refractivity contribution < 1.29 is 0 Å². The van der Waals surface area contributed by atoms with Crippen LogP contribution in [0.5, 0.6) is 0 Å². The lowest BCUT2D eigenvalue weighted by Gasteiger charge is -2.09. The van der Waals surface area contributed by atoms with Crippen molar-refractivity contribution in [3.63, 3.8) is 0 Å². The van der Waals surface area contributed by atoms with Gasteiger partial charge in [-0.05, 0) is 0 Å². The zero-order chi connectivity index (χ0) is 6.57. The lowest BCUT2D eigenvalue weighted by atomic mass is 10.4. The number of hydrogen-bond acceptors (Lipinski definition) is 0. The van der Waals surface area contributed by atoms with E-state index in [0.717, 1.165) is 10.7 Å². The SMILES string of the molecule is BrC[C@@H](Br)[C@H](Br)CBr. The third kappa shape index (κ3) is 3.85. The first-order valence-electron chi connectivity index (χ1n) is 2.12. The lowest BCUT2D eigenvalue weighted by Crippen LogP contribution is -2.15. The van der Waals surface area contributed by atoms with Crippen molar-refractivity contribution in [2.75, 3.05) is 10.7 Å². The Hall–Kier alpha value is 1.92. The summed E-state index contributed by atoms with van der Waals surface area (Å²) in [6.07, 6.45) is 0. The normalized spacial score (nSPS) is 18.0. The Morgan fingerprint density at radius 3 is 1.25 bits per heavy atom. The van der Waals surface area contributed by atoms with Gasteiger partial charge in [-0.2, -0.15) is 0 Å². The van der Waals surface area contributed by atoms with E-state index in [9.17, 15) is 0 Å². The predicted octanol–water partition coefficient (Wildman–Crippen LogP) is 3.30. The summed E-state index contributed by atoms with van der Waals surface area (Å²) in [5.41, 5.74) is 0. The third-order valence-electron chi connectivity index (χ3n) is 0.687. The molecule has 2 atom stereocenters. The molecule has 0 unspecified atom stereocenters. The van der Waals surface area contributed by atoms with Gasteiger partial charge in [0.1, 0.15) is 0 Å². The topological polar surface area (TPSA) is 0 Å². The van der Waals surface area contributed by atoms with Crippen LogP contribution in [-0.2, 0) is 0 Å². The van der Waals surface area contributed by atoms with Crippen molar-refractivity contribution in [3.05, 3.63) is 0 Å². The maximum absolute atomic E-state index is 3.48. The van der Waals surface area contributed by atoms with Crippen molar-refractivity contribution in [1.29, 1.82) is 0 Å². The van der Waals surface area contributed by atoms with E-state index in [0.29, 0.717) is 9.65 Å². The Kier molecular flexibility index (Phi) is 7.05. The average Bonchev–Trinajstić information content (AvgIpc) is 1.84. The maximum Gasteiger partial charge on any atom is 0.0376 e. The van der Waals surface area contributed by atoms with E-state index in [1.807, 2.05) is 0 Å². The number of alkyl halides is 4. The van der Waals surface area contributed by atoms with Crippen LogP contribution < -0.4 is 0 Å². The van der Waals surface area contributed by atoms with Crippen LogP contribution in [0.2, 0.25) is 0 Å². The van der Waals surface area contributed by atoms with E-state index < -0.39 is 0 Å². The number of hydrogen-bond donors (Lipinski definition) is 0. The molecule has 0 N–H and O–H groups in total. The van der Waals surface area contributed by atoms with E-state index in [4.69, 9.17) is 0 Å². The summed E-state index contributed by atoms with van der Waals surface area (Å²) in [4.78, 5) is 1.03. The molecule has 0 saturated heterocycles. The van der Waals surface area contributed by atoms with Crippen molar-refractivity contribution in [2.45, 2.75) is 9.65 Å². The molecule has 0 aromatic carbocycles. The molecular formula is C4H6Br4. The first kappa shape index (κ1) is 9.92. The van der Waals surface area contributed by atoms with Gasteiger partial charge < -0.3 is 0 Å². The van der Waals surface area contributed by atoms with E-state index in [-0.39, 0.29) is 0 Å². The van der Waals surface area contributed by atoms with Crippen LogP contribution in [0.15, 0.2) is 0 Å². The Labute approximate surface area is 83.3 Å². The average molecular weight is 374 g/mol. The zero-order valence-corrected chi connectivity index (χ0v) is 10.4. The highest BCUT2D eigenvalue weighted by Crippen LogP contribution is 2.17. The lowest BCUT2D eigenvalue weighted by molar-refractivity contribution is 0.994. The van der Waals surface area contributed by atoms with Crippen LogP contribution in [-0.4, -0.2) is 20.3 Å². The molecule has 4 heteroatoms. The van der Waals surface area contributed by atoms with Crippen molar-refractivity contribution in [1.82, 2.24) is 0 Å². The molecule has 0 fully saturated rings. The fraction of sp³-hybridized carbons (Fsp3) is 1.00. The fourth-order valence-electron chi connectivity index (χ4n) is 0.193. The van der Waals surface area contributed by atoms with Crippen LogP contribution in [0, 0.1) is 0 Å². The largest absolute Gasteiger partial charge is 0.0916 e. The van der Waals surface area contributed by atoms with Gasteiger partial charge in [-0.3, -0.25) is 0 Å². The van der Waals surface area contributed by atoms with Gasteiger partial charge in [-0.25, -0.2) is 0 Å². The Morgan fingerprint density at radius 1 is 0.875 bits per heavy atom. The minimum atomic E-state index is 0.516. The molecule has 0 heterocycles. The number of rotatable bonds is 3. The summed E-state index contributed by atoms with van der Waals surface area (Å²) < 4.78 is 0. The van der Waals surface area contributed by atoms with Crippen LogP contribution in [0.3, 0.4) is 0 Å². The highest BCUT2D eigenvalue weighted by atomic mass is 79.9. The molecule has 0 aromatic rings. The molecule has 50 valence electrons. The maximum atomic E-state index is 3.48. The third-order valence-corrected chi connectivity index (χ3v) is 6.45. The van der Waals surface area contributed by atoms with Crippen molar-refractivity contribution in [3.8, 4) is 0 Å². The number of halogens is 4. The molecule has 0 rings (SSSR count). The molecule has 0 nitrogen and oxygen atoms in total. The van der Waals surface area contributed by atoms with E-state index in [1.54, 1.807) is 0 Å². The highest BCUT2D eigenvalue weighted by molar-refractivity contribution is 9.14. The molecule has 0 aliphatic rings. The van der Waals surface area contributed by atoms with Crippen LogP contribution in [0.1, 0.15) is 0 Å². The van der Waals surface area contributed by atoms with Crippen molar-refractivity contribution in [2.24, 2.45) is 0 Å². The first-order valence-corrected chi connectivity index (χ1v) is 6.20. The Bertz CT molecular complexity index is 48.0. The summed E-state index contributed by atoms with van der Waals surface area (Å²) in [6, 6.07) is 0. The van der Waals surface area contributed by atoms with Gasteiger partial charge in [0.25, 0.3) is 0 Å². The quantitative estimate of drug-likeness (QED) is 0.666. The zero-order valence-electron chi connectivity index (χ0n) is 4.08. The highest BCUT2D eigenvalue weighted by Gasteiger charge is 2.11. The monoisotopic (exact) mass is 370 g/mol. The Morgan fingerprint density at radius 2 is 1.12 bits per heavy atom. The minimum Gasteiger partial charge on any atom is -0.0916 e. The van der Waals surface area contributed by atoms with Gasteiger partial charge in [0.15, 0.2) is 0 Å². The second-order valence-electron chi connectivity index (χ2n) is 1.34. The molecule has 0 aromatic heterocycles. The summed E-state index contributed by atoms with van der Waals surface area (Å²) >= 11 is 13.7. The van der Waals surface area contributed by atoms with Gasteiger partial charge in [-0.15, -0.1) is 0 Å². The van der Waals surface area contributed by atoms with E-state index in [1.165, 1.54) is 0 Å². The molecule has 0 bridgehead atoms. The summed E-state index contributed by atoms with van der Waals surface area (Å²) in [6.45, 7) is 0. The van der Waals surface area contributed by atoms with Gasteiger partial charge in [0.2, 0.25) is 0 Å². The molecule has 0 radical (unpaired) electrons. The second-order valence-corrected chi connectivity index (χ2v) is 4.99. The molecule has 0 amide bonds. The van der Waals surface area contributed by atoms with Gasteiger partial charge >= 0.3 is 0 Å². The van der Waals surface area contributed by atoms with Gasteiger partial charge in [-0.1, -0.05) is 63.7 Å². The van der Waals surface area contributed by atoms with Gasteiger partial charge in [0, 0.05) is 20.3 Å². The molecule has 0 aliphatic carbocycles. The summed E-state index contributed by atoms with van der Waals surface area (Å²) in [5, 5.41) is 1.96. The smallest absolute Gasteiger partial charge is 0.0376 e. The van der Waals surface area contributed by atoms with E-state index >= 15 is 0 Å². The predicted molar refractivity (Wildman–Crippen MR) is 53.0 cm³/mol. The molecular weight excluding hydrogens is 368 g/mol. The summed E-state index contributed by atoms with van der Waals surface area (Å²) in [7, 11) is 0. The first-order chi connectivity index (χ1) is 3.72. The van der Waals surface area contributed by atoms with Crippen LogP contribution in [0.25, 0.3) is 0 Å². The van der Waals surface area contributed by atoms with Crippen LogP contribution in [0.4, 0.5) is 0 Å².